The van der Waals surface area contributed by atoms with Gasteiger partial charge in [0.25, 0.3) is 0 Å². The van der Waals surface area contributed by atoms with Crippen molar-refractivity contribution in [3.8, 4) is 11.8 Å². The van der Waals surface area contributed by atoms with Gasteiger partial charge < -0.3 is 5.73 Å². The number of rotatable bonds is 1. The first-order valence-corrected chi connectivity index (χ1v) is 5.22. The van der Waals surface area contributed by atoms with Gasteiger partial charge in [-0.2, -0.15) is 0 Å². The fourth-order valence-corrected chi connectivity index (χ4v) is 1.16. The zero-order chi connectivity index (χ0) is 10.6. The lowest BCUT2D eigenvalue weighted by molar-refractivity contribution is 0.101. The lowest BCUT2D eigenvalue weighted by atomic mass is 10.1. The van der Waals surface area contributed by atoms with Crippen LogP contribution in [0.15, 0.2) is 18.2 Å². The molecular weight excluding hydrogens is 242 g/mol. The molecule has 1 aromatic carbocycles. The number of hydrogen-bond donors (Lipinski definition) is 1. The molecule has 0 aromatic heterocycles. The van der Waals surface area contributed by atoms with Crippen molar-refractivity contribution in [2.75, 3.05) is 11.1 Å². The van der Waals surface area contributed by atoms with E-state index in [9.17, 15) is 4.79 Å². The van der Waals surface area contributed by atoms with Crippen LogP contribution in [-0.2, 0) is 0 Å². The number of anilines is 1. The summed E-state index contributed by atoms with van der Waals surface area (Å²) >= 11 is 3.20. The van der Waals surface area contributed by atoms with Crippen LogP contribution in [0.3, 0.4) is 0 Å². The monoisotopic (exact) mass is 251 g/mol. The van der Waals surface area contributed by atoms with Crippen molar-refractivity contribution in [2.45, 2.75) is 6.92 Å². The first-order valence-electron chi connectivity index (χ1n) is 4.10. The fraction of sp³-hybridized carbons (Fsp3) is 0.182. The summed E-state index contributed by atoms with van der Waals surface area (Å²) in [4.78, 5) is 11.0. The molecule has 0 fully saturated rings. The van der Waals surface area contributed by atoms with E-state index in [2.05, 4.69) is 27.8 Å². The lowest BCUT2D eigenvalue weighted by Crippen LogP contribution is -1.96. The Labute approximate surface area is 91.6 Å². The van der Waals surface area contributed by atoms with Gasteiger partial charge in [-0.15, -0.1) is 0 Å². The SMILES string of the molecule is CC(=O)c1ccc(C#CCBr)c(N)c1. The molecule has 0 spiro atoms. The normalized spacial score (nSPS) is 9.00. The van der Waals surface area contributed by atoms with Crippen molar-refractivity contribution in [1.29, 1.82) is 0 Å². The summed E-state index contributed by atoms with van der Waals surface area (Å²) in [6, 6.07) is 5.15. The third-order valence-electron chi connectivity index (χ3n) is 1.75. The minimum atomic E-state index is 0.0108. The zero-order valence-electron chi connectivity index (χ0n) is 7.80. The predicted octanol–water partition coefficient (Wildman–Crippen LogP) is 2.22. The quantitative estimate of drug-likeness (QED) is 0.360. The molecule has 0 amide bonds. The highest BCUT2D eigenvalue weighted by Gasteiger charge is 2.01. The van der Waals surface area contributed by atoms with Crippen LogP contribution in [0, 0.1) is 11.8 Å². The summed E-state index contributed by atoms with van der Waals surface area (Å²) in [6.07, 6.45) is 0. The second kappa shape index (κ2) is 4.83. The summed E-state index contributed by atoms with van der Waals surface area (Å²) in [5, 5.41) is 0.612. The minimum Gasteiger partial charge on any atom is -0.398 e. The molecule has 2 nitrogen and oxygen atoms in total. The highest BCUT2D eigenvalue weighted by atomic mass is 79.9. The lowest BCUT2D eigenvalue weighted by Gasteiger charge is -2.00. The average molecular weight is 252 g/mol. The van der Waals surface area contributed by atoms with Gasteiger partial charge in [0.05, 0.1) is 5.33 Å². The molecule has 14 heavy (non-hydrogen) atoms. The van der Waals surface area contributed by atoms with Gasteiger partial charge in [-0.05, 0) is 19.1 Å². The summed E-state index contributed by atoms with van der Waals surface area (Å²) in [6.45, 7) is 1.51. The topological polar surface area (TPSA) is 43.1 Å². The van der Waals surface area contributed by atoms with E-state index < -0.39 is 0 Å². The third kappa shape index (κ3) is 2.61. The van der Waals surface area contributed by atoms with E-state index in [0.717, 1.165) is 5.56 Å². The molecule has 0 radical (unpaired) electrons. The summed E-state index contributed by atoms with van der Waals surface area (Å²) in [5.74, 6) is 5.76. The molecular formula is C11H10BrNO. The van der Waals surface area contributed by atoms with E-state index in [0.29, 0.717) is 16.6 Å². The highest BCUT2D eigenvalue weighted by Crippen LogP contribution is 2.13. The van der Waals surface area contributed by atoms with E-state index in [1.165, 1.54) is 6.92 Å². The standard InChI is InChI=1S/C11H10BrNO/c1-8(14)10-5-4-9(3-2-6-12)11(13)7-10/h4-5,7H,6,13H2,1H3. The molecule has 1 rings (SSSR count). The Morgan fingerprint density at radius 1 is 1.57 bits per heavy atom. The summed E-state index contributed by atoms with van der Waals surface area (Å²) in [5.41, 5.74) is 7.65. The van der Waals surface area contributed by atoms with Gasteiger partial charge in [0.2, 0.25) is 0 Å². The number of carbonyl (C=O) groups excluding carboxylic acids is 1. The van der Waals surface area contributed by atoms with Crippen LogP contribution in [0.1, 0.15) is 22.8 Å². The van der Waals surface area contributed by atoms with Crippen LogP contribution in [0.4, 0.5) is 5.69 Å². The second-order valence-electron chi connectivity index (χ2n) is 2.79. The average Bonchev–Trinajstić information content (AvgIpc) is 2.15. The van der Waals surface area contributed by atoms with Crippen molar-refractivity contribution in [2.24, 2.45) is 0 Å². The maximum Gasteiger partial charge on any atom is 0.159 e. The van der Waals surface area contributed by atoms with E-state index in [4.69, 9.17) is 5.73 Å². The number of nitrogens with two attached hydrogens (primary N) is 1. The first kappa shape index (κ1) is 10.8. The van der Waals surface area contributed by atoms with Crippen LogP contribution >= 0.6 is 15.9 Å². The van der Waals surface area contributed by atoms with Crippen LogP contribution in [0.2, 0.25) is 0 Å². The second-order valence-corrected chi connectivity index (χ2v) is 3.35. The van der Waals surface area contributed by atoms with Gasteiger partial charge in [0.1, 0.15) is 0 Å². The number of nitrogen functional groups attached to an aromatic ring is 1. The molecule has 0 saturated heterocycles. The number of ketones is 1. The van der Waals surface area contributed by atoms with Gasteiger partial charge in [0, 0.05) is 16.8 Å². The molecule has 0 aliphatic carbocycles. The first-order chi connectivity index (χ1) is 6.65. The molecule has 0 unspecified atom stereocenters. The molecule has 0 atom stereocenters. The van der Waals surface area contributed by atoms with E-state index >= 15 is 0 Å². The van der Waals surface area contributed by atoms with Crippen LogP contribution in [0.25, 0.3) is 0 Å². The highest BCUT2D eigenvalue weighted by molar-refractivity contribution is 9.09. The van der Waals surface area contributed by atoms with E-state index in [1.54, 1.807) is 18.2 Å². The molecule has 0 saturated carbocycles. The maximum absolute atomic E-state index is 11.0. The molecule has 1 aromatic rings. The Hall–Kier alpha value is -1.27. The number of alkyl halides is 1. The van der Waals surface area contributed by atoms with Crippen molar-refractivity contribution in [3.05, 3.63) is 29.3 Å². The van der Waals surface area contributed by atoms with Gasteiger partial charge in [0.15, 0.2) is 5.78 Å². The number of Topliss-reactive ketones (excluding diaryl/α,β-unsaturated/α-hetero) is 1. The van der Waals surface area contributed by atoms with Crippen LogP contribution in [0.5, 0.6) is 0 Å². The fourth-order valence-electron chi connectivity index (χ4n) is 1.02. The molecule has 72 valence electrons. The Kier molecular flexibility index (Phi) is 3.73. The van der Waals surface area contributed by atoms with Crippen molar-refractivity contribution < 1.29 is 4.79 Å². The van der Waals surface area contributed by atoms with Crippen LogP contribution in [-0.4, -0.2) is 11.1 Å². The molecule has 0 bridgehead atoms. The van der Waals surface area contributed by atoms with Crippen molar-refractivity contribution >= 4 is 27.4 Å². The van der Waals surface area contributed by atoms with Crippen LogP contribution < -0.4 is 5.73 Å². The number of hydrogen-bond acceptors (Lipinski definition) is 2. The smallest absolute Gasteiger partial charge is 0.159 e. The van der Waals surface area contributed by atoms with Gasteiger partial charge in [-0.3, -0.25) is 4.79 Å². The van der Waals surface area contributed by atoms with Gasteiger partial charge >= 0.3 is 0 Å². The number of benzene rings is 1. The van der Waals surface area contributed by atoms with Gasteiger partial charge in [-0.25, -0.2) is 0 Å². The third-order valence-corrected chi connectivity index (χ3v) is 2.03. The minimum absolute atomic E-state index is 0.0108. The van der Waals surface area contributed by atoms with Crippen molar-refractivity contribution in [1.82, 2.24) is 0 Å². The Bertz CT molecular complexity index is 415. The Balaban J connectivity index is 3.07. The summed E-state index contributed by atoms with van der Waals surface area (Å²) in [7, 11) is 0. The molecule has 0 heterocycles. The largest absolute Gasteiger partial charge is 0.398 e. The Morgan fingerprint density at radius 3 is 2.79 bits per heavy atom. The Morgan fingerprint density at radius 2 is 2.29 bits per heavy atom. The molecule has 0 aliphatic rings. The molecule has 3 heteroatoms. The number of halogens is 1. The predicted molar refractivity (Wildman–Crippen MR) is 61.5 cm³/mol. The van der Waals surface area contributed by atoms with Gasteiger partial charge in [-0.1, -0.05) is 33.8 Å². The van der Waals surface area contributed by atoms with E-state index in [1.807, 2.05) is 0 Å². The maximum atomic E-state index is 11.0. The molecule has 2 N–H and O–H groups in total. The van der Waals surface area contributed by atoms with Crippen molar-refractivity contribution in [3.63, 3.8) is 0 Å². The zero-order valence-corrected chi connectivity index (χ0v) is 9.39. The van der Waals surface area contributed by atoms with E-state index in [-0.39, 0.29) is 5.78 Å². The summed E-state index contributed by atoms with van der Waals surface area (Å²) < 4.78 is 0. The number of carbonyl (C=O) groups is 1. The molecule has 0 aliphatic heterocycles.